The molecule has 2 heterocycles. The first-order valence-corrected chi connectivity index (χ1v) is 6.50. The number of hydrogen-bond donors (Lipinski definition) is 1. The number of piperidine rings is 1. The van der Waals surface area contributed by atoms with E-state index in [4.69, 9.17) is 0 Å². The highest BCUT2D eigenvalue weighted by atomic mass is 16.1. The summed E-state index contributed by atoms with van der Waals surface area (Å²) in [5.74, 6) is 0.850. The lowest BCUT2D eigenvalue weighted by Crippen LogP contribution is -2.32. The fourth-order valence-electron chi connectivity index (χ4n) is 2.78. The van der Waals surface area contributed by atoms with E-state index in [0.29, 0.717) is 11.7 Å². The third kappa shape index (κ3) is 2.27. The number of imidazole rings is 1. The van der Waals surface area contributed by atoms with E-state index in [-0.39, 0.29) is 5.91 Å². The van der Waals surface area contributed by atoms with Crippen LogP contribution in [0, 0.1) is 13.8 Å². The molecule has 0 bridgehead atoms. The first-order valence-electron chi connectivity index (χ1n) is 6.50. The zero-order valence-corrected chi connectivity index (χ0v) is 11.7. The molecule has 2 rings (SSSR count). The minimum atomic E-state index is -0.0951. The number of aryl methyl sites for hydroxylation is 1. The molecule has 0 spiro atoms. The van der Waals surface area contributed by atoms with Gasteiger partial charge < -0.3 is 14.8 Å². The average Bonchev–Trinajstić information content (AvgIpc) is 2.65. The van der Waals surface area contributed by atoms with E-state index in [9.17, 15) is 4.79 Å². The molecule has 1 N–H and O–H groups in total. The molecule has 1 aromatic heterocycles. The molecule has 0 unspecified atom stereocenters. The van der Waals surface area contributed by atoms with Crippen LogP contribution in [-0.4, -0.2) is 47.5 Å². The van der Waals surface area contributed by atoms with Crippen molar-refractivity contribution in [2.45, 2.75) is 32.7 Å². The monoisotopic (exact) mass is 250 g/mol. The van der Waals surface area contributed by atoms with Crippen LogP contribution in [0.1, 0.15) is 40.9 Å². The number of aromatic nitrogens is 2. The maximum Gasteiger partial charge on any atom is 0.271 e. The van der Waals surface area contributed by atoms with Crippen LogP contribution in [0.25, 0.3) is 0 Å². The molecular weight excluding hydrogens is 228 g/mol. The second-order valence-electron chi connectivity index (χ2n) is 5.08. The number of rotatable bonds is 2. The quantitative estimate of drug-likeness (QED) is 0.856. The van der Waals surface area contributed by atoms with Crippen LogP contribution >= 0.6 is 0 Å². The van der Waals surface area contributed by atoms with Gasteiger partial charge in [-0.2, -0.15) is 0 Å². The second kappa shape index (κ2) is 5.10. The van der Waals surface area contributed by atoms with Gasteiger partial charge in [-0.15, -0.1) is 0 Å². The van der Waals surface area contributed by atoms with Gasteiger partial charge in [0.15, 0.2) is 0 Å². The molecule has 100 valence electrons. The maximum atomic E-state index is 11.7. The molecule has 5 heteroatoms. The van der Waals surface area contributed by atoms with Gasteiger partial charge in [0, 0.05) is 18.8 Å². The third-order valence-corrected chi connectivity index (χ3v) is 3.82. The zero-order chi connectivity index (χ0) is 13.3. The highest BCUT2D eigenvalue weighted by molar-refractivity contribution is 5.93. The molecule has 0 aliphatic carbocycles. The molecule has 1 aromatic rings. The summed E-state index contributed by atoms with van der Waals surface area (Å²) >= 11 is 0. The molecule has 0 radical (unpaired) electrons. The van der Waals surface area contributed by atoms with Gasteiger partial charge in [-0.3, -0.25) is 4.79 Å². The molecule has 18 heavy (non-hydrogen) atoms. The molecule has 1 saturated heterocycles. The zero-order valence-electron chi connectivity index (χ0n) is 11.7. The van der Waals surface area contributed by atoms with Crippen molar-refractivity contribution in [1.29, 1.82) is 0 Å². The minimum Gasteiger partial charge on any atom is -0.354 e. The van der Waals surface area contributed by atoms with Crippen LogP contribution in [0.3, 0.4) is 0 Å². The van der Waals surface area contributed by atoms with E-state index in [2.05, 4.69) is 26.8 Å². The Morgan fingerprint density at radius 2 is 1.94 bits per heavy atom. The van der Waals surface area contributed by atoms with E-state index in [0.717, 1.165) is 37.4 Å². The molecule has 0 aromatic carbocycles. The van der Waals surface area contributed by atoms with Crippen molar-refractivity contribution in [3.8, 4) is 0 Å². The Bertz CT molecular complexity index is 444. The second-order valence-corrected chi connectivity index (χ2v) is 5.08. The van der Waals surface area contributed by atoms with E-state index in [1.54, 1.807) is 7.05 Å². The van der Waals surface area contributed by atoms with Gasteiger partial charge in [0.1, 0.15) is 11.5 Å². The summed E-state index contributed by atoms with van der Waals surface area (Å²) in [7, 11) is 3.80. The lowest BCUT2D eigenvalue weighted by Gasteiger charge is -2.31. The summed E-state index contributed by atoms with van der Waals surface area (Å²) in [5.41, 5.74) is 1.55. The minimum absolute atomic E-state index is 0.0951. The van der Waals surface area contributed by atoms with Gasteiger partial charge in [-0.05, 0) is 46.8 Å². The Morgan fingerprint density at radius 1 is 1.33 bits per heavy atom. The fourth-order valence-corrected chi connectivity index (χ4v) is 2.78. The third-order valence-electron chi connectivity index (χ3n) is 3.82. The number of nitrogens with one attached hydrogen (secondary N) is 1. The number of nitrogens with zero attached hydrogens (tertiary/aromatic N) is 3. The number of hydrogen-bond acceptors (Lipinski definition) is 3. The van der Waals surface area contributed by atoms with Crippen LogP contribution < -0.4 is 5.32 Å². The van der Waals surface area contributed by atoms with Gasteiger partial charge in [-0.1, -0.05) is 0 Å². The van der Waals surface area contributed by atoms with Crippen LogP contribution in [-0.2, 0) is 0 Å². The summed E-state index contributed by atoms with van der Waals surface area (Å²) in [4.78, 5) is 18.5. The summed E-state index contributed by atoms with van der Waals surface area (Å²) in [6, 6.07) is 0.479. The Kier molecular flexibility index (Phi) is 3.71. The Labute approximate surface area is 108 Å². The number of likely N-dealkylation sites (tertiary alicyclic amines) is 1. The number of amides is 1. The van der Waals surface area contributed by atoms with Crippen molar-refractivity contribution >= 4 is 5.91 Å². The summed E-state index contributed by atoms with van der Waals surface area (Å²) in [6.07, 6.45) is 2.25. The lowest BCUT2D eigenvalue weighted by atomic mass is 10.0. The molecule has 1 aliphatic rings. The summed E-state index contributed by atoms with van der Waals surface area (Å²) < 4.78 is 2.23. The van der Waals surface area contributed by atoms with Crippen molar-refractivity contribution in [1.82, 2.24) is 19.8 Å². The molecule has 0 atom stereocenters. The Hall–Kier alpha value is -1.36. The van der Waals surface area contributed by atoms with E-state index < -0.39 is 0 Å². The van der Waals surface area contributed by atoms with Crippen LogP contribution in [0.2, 0.25) is 0 Å². The fraction of sp³-hybridized carbons (Fsp3) is 0.692. The van der Waals surface area contributed by atoms with Crippen molar-refractivity contribution in [2.75, 3.05) is 27.2 Å². The normalized spacial score (nSPS) is 18.0. The lowest BCUT2D eigenvalue weighted by molar-refractivity contribution is 0.0957. The molecular formula is C13H22N4O. The summed E-state index contributed by atoms with van der Waals surface area (Å²) in [5, 5.41) is 2.65. The molecule has 1 amide bonds. The predicted molar refractivity (Wildman–Crippen MR) is 70.9 cm³/mol. The highest BCUT2D eigenvalue weighted by Gasteiger charge is 2.24. The van der Waals surface area contributed by atoms with E-state index >= 15 is 0 Å². The van der Waals surface area contributed by atoms with Gasteiger partial charge >= 0.3 is 0 Å². The predicted octanol–water partition coefficient (Wildman–Crippen LogP) is 1.13. The molecule has 5 nitrogen and oxygen atoms in total. The first kappa shape index (κ1) is 13.1. The molecule has 1 fully saturated rings. The van der Waals surface area contributed by atoms with E-state index in [1.807, 2.05) is 13.8 Å². The van der Waals surface area contributed by atoms with Crippen LogP contribution in [0.15, 0.2) is 0 Å². The molecule has 0 saturated carbocycles. The van der Waals surface area contributed by atoms with Crippen molar-refractivity contribution in [3.63, 3.8) is 0 Å². The van der Waals surface area contributed by atoms with Crippen molar-refractivity contribution < 1.29 is 4.79 Å². The maximum absolute atomic E-state index is 11.7. The van der Waals surface area contributed by atoms with E-state index in [1.165, 1.54) is 0 Å². The highest BCUT2D eigenvalue weighted by Crippen LogP contribution is 2.26. The Morgan fingerprint density at radius 3 is 2.50 bits per heavy atom. The van der Waals surface area contributed by atoms with Crippen LogP contribution in [0.4, 0.5) is 0 Å². The standard InChI is InChI=1S/C13H22N4O/c1-9-12(13(18)14-3)15-10(2)17(9)11-5-7-16(4)8-6-11/h11H,5-8H2,1-4H3,(H,14,18). The van der Waals surface area contributed by atoms with Gasteiger partial charge in [0.25, 0.3) is 5.91 Å². The SMILES string of the molecule is CNC(=O)c1nc(C)n(C2CCN(C)CC2)c1C. The Balaban J connectivity index is 2.28. The van der Waals surface area contributed by atoms with Crippen molar-refractivity contribution in [2.24, 2.45) is 0 Å². The van der Waals surface area contributed by atoms with Gasteiger partial charge in [-0.25, -0.2) is 4.98 Å². The first-order chi connectivity index (χ1) is 8.54. The largest absolute Gasteiger partial charge is 0.354 e. The molecule has 1 aliphatic heterocycles. The van der Waals surface area contributed by atoms with Gasteiger partial charge in [0.05, 0.1) is 0 Å². The summed E-state index contributed by atoms with van der Waals surface area (Å²) in [6.45, 7) is 6.19. The van der Waals surface area contributed by atoms with Crippen LogP contribution in [0.5, 0.6) is 0 Å². The number of carbonyl (C=O) groups excluding carboxylic acids is 1. The topological polar surface area (TPSA) is 50.2 Å². The van der Waals surface area contributed by atoms with Crippen molar-refractivity contribution in [3.05, 3.63) is 17.2 Å². The average molecular weight is 250 g/mol. The smallest absolute Gasteiger partial charge is 0.271 e. The number of carbonyl (C=O) groups is 1. The van der Waals surface area contributed by atoms with Gasteiger partial charge in [0.2, 0.25) is 0 Å².